The molecule has 2 aromatic carbocycles. The number of nitro groups is 1. The number of ether oxygens (including phenoxy) is 4. The Kier molecular flexibility index (Phi) is 22.6. The Morgan fingerprint density at radius 1 is 0.945 bits per heavy atom. The molecule has 0 saturated carbocycles. The Labute approximate surface area is 432 Å². The van der Waals surface area contributed by atoms with Gasteiger partial charge in [0.2, 0.25) is 23.6 Å². The number of nitrogens with zero attached hydrogens (tertiary/aromatic N) is 3. The van der Waals surface area contributed by atoms with Gasteiger partial charge in [-0.15, -0.1) is 0 Å². The van der Waals surface area contributed by atoms with Crippen LogP contribution in [0.5, 0.6) is 5.75 Å². The smallest absolute Gasteiger partial charge is 0.456 e. The number of non-ortho nitro benzene ring substituents is 1. The number of allylic oxidation sites excluding steroid dienone is 1. The second-order valence-corrected chi connectivity index (χ2v) is 19.8. The van der Waals surface area contributed by atoms with E-state index in [2.05, 4.69) is 16.0 Å². The number of carbonyl (C=O) groups excluding carboxylic acids is 8. The van der Waals surface area contributed by atoms with Gasteiger partial charge >= 0.3 is 18.1 Å². The fourth-order valence-corrected chi connectivity index (χ4v) is 7.81. The van der Waals surface area contributed by atoms with Crippen molar-refractivity contribution in [2.75, 3.05) is 20.6 Å². The van der Waals surface area contributed by atoms with Crippen molar-refractivity contribution in [1.29, 1.82) is 0 Å². The van der Waals surface area contributed by atoms with Crippen molar-refractivity contribution in [3.63, 3.8) is 0 Å². The fraction of sp³-hybridized carbons (Fsp3) is 0.538. The van der Waals surface area contributed by atoms with Gasteiger partial charge in [0.1, 0.15) is 41.6 Å². The highest BCUT2D eigenvalue weighted by Gasteiger charge is 2.41. The molecule has 3 rings (SSSR count). The first-order chi connectivity index (χ1) is 34.1. The molecule has 8 atom stereocenters. The van der Waals surface area contributed by atoms with E-state index in [0.717, 1.165) is 21.9 Å². The minimum Gasteiger partial charge on any atom is -0.456 e. The van der Waals surface area contributed by atoms with Gasteiger partial charge in [-0.3, -0.25) is 34.1 Å². The second-order valence-electron chi connectivity index (χ2n) is 19.4. The van der Waals surface area contributed by atoms with Crippen LogP contribution in [0.25, 0.3) is 0 Å². The summed E-state index contributed by atoms with van der Waals surface area (Å²) in [5.41, 5.74) is -0.856. The third-order valence-electron chi connectivity index (χ3n) is 12.6. The third-order valence-corrected chi connectivity index (χ3v) is 12.8. The first-order valence-corrected chi connectivity index (χ1v) is 24.5. The van der Waals surface area contributed by atoms with Crippen molar-refractivity contribution in [3.05, 3.63) is 92.5 Å². The third kappa shape index (κ3) is 17.7. The zero-order chi connectivity index (χ0) is 55.1. The first kappa shape index (κ1) is 60.5. The molecule has 0 aromatic heterocycles. The van der Waals surface area contributed by atoms with Crippen LogP contribution >= 0.6 is 11.6 Å². The number of carbonyl (C=O) groups is 8. The Morgan fingerprint density at radius 3 is 2.12 bits per heavy atom. The minimum absolute atomic E-state index is 0.00726. The second kappa shape index (κ2) is 27.3. The molecule has 0 saturated heterocycles. The lowest BCUT2D eigenvalue weighted by Gasteiger charge is -2.35. The highest BCUT2D eigenvalue weighted by molar-refractivity contribution is 6.30. The molecular weight excluding hydrogens is 968 g/mol. The van der Waals surface area contributed by atoms with Crippen molar-refractivity contribution in [1.82, 2.24) is 25.8 Å². The lowest BCUT2D eigenvalue weighted by atomic mass is 9.90. The highest BCUT2D eigenvalue weighted by Crippen LogP contribution is 2.28. The van der Waals surface area contributed by atoms with E-state index in [1.165, 1.54) is 60.0 Å². The van der Waals surface area contributed by atoms with Crippen LogP contribution in [-0.4, -0.2) is 125 Å². The van der Waals surface area contributed by atoms with Crippen LogP contribution < -0.4 is 20.7 Å². The van der Waals surface area contributed by atoms with E-state index < -0.39 is 113 Å². The Hall–Kier alpha value is -6.83. The molecule has 0 spiro atoms. The predicted molar refractivity (Wildman–Crippen MR) is 271 cm³/mol. The van der Waals surface area contributed by atoms with E-state index in [-0.39, 0.29) is 42.2 Å². The molecule has 21 heteroatoms. The highest BCUT2D eigenvalue weighted by atomic mass is 35.5. The van der Waals surface area contributed by atoms with Gasteiger partial charge in [0.05, 0.1) is 11.5 Å². The fourth-order valence-electron chi connectivity index (χ4n) is 7.69. The number of amides is 5. The van der Waals surface area contributed by atoms with E-state index in [9.17, 15) is 48.5 Å². The minimum atomic E-state index is -1.73. The average Bonchev–Trinajstić information content (AvgIpc) is 3.33. The number of nitrogens with one attached hydrogen (secondary N) is 3. The summed E-state index contributed by atoms with van der Waals surface area (Å²) in [5, 5.41) is 19.7. The standard InChI is InChI=1S/C52H71ClN6O14/c1-14-30(5)43-46(62)56-52(10,11)50(66)73-44(31(6)15-2)33(8)40(72-51(67)70-38-23-21-37(22-24-38)59(68)69)25-16-32(7)49(65)71-41(26-29(3)4)45(61)54-34(9)47(63)58(13)39(27-35-17-19-36(53)20-18-35)48(64)57(12)28-42(60)55-43/h15-24,29-30,33-34,39-41,43-44H,14,25-28H2,1-13H3,(H,54,61)(H,55,60)(H,56,62)/b31-15+,32-16+/t30-,33+,34+,39-,40+,41-,43+,44-/m1/s1. The van der Waals surface area contributed by atoms with Crippen LogP contribution in [0.3, 0.4) is 0 Å². The molecule has 5 amide bonds. The summed E-state index contributed by atoms with van der Waals surface area (Å²) in [6, 6.07) is 7.62. The molecule has 3 N–H and O–H groups in total. The first-order valence-electron chi connectivity index (χ1n) is 24.1. The molecular formula is C52H71ClN6O14. The summed E-state index contributed by atoms with van der Waals surface area (Å²) >= 11 is 6.14. The quantitative estimate of drug-likeness (QED) is 0.0580. The average molecular weight is 1040 g/mol. The molecule has 0 unspecified atom stereocenters. The lowest BCUT2D eigenvalue weighted by Crippen LogP contribution is -2.60. The van der Waals surface area contributed by atoms with Gasteiger partial charge in [-0.2, -0.15) is 0 Å². The Balaban J connectivity index is 2.17. The monoisotopic (exact) mass is 1040 g/mol. The molecule has 0 bridgehead atoms. The number of hydrogen-bond acceptors (Lipinski definition) is 14. The van der Waals surface area contributed by atoms with E-state index in [1.807, 2.05) is 6.92 Å². The zero-order valence-electron chi connectivity index (χ0n) is 43.9. The van der Waals surface area contributed by atoms with Crippen LogP contribution in [0.1, 0.15) is 101 Å². The van der Waals surface area contributed by atoms with Crippen LogP contribution in [0, 0.1) is 27.9 Å². The molecule has 400 valence electrons. The molecule has 1 aliphatic rings. The number of cyclic esters (lactones) is 2. The summed E-state index contributed by atoms with van der Waals surface area (Å²) < 4.78 is 23.1. The van der Waals surface area contributed by atoms with Crippen molar-refractivity contribution < 1.29 is 62.2 Å². The molecule has 73 heavy (non-hydrogen) atoms. The summed E-state index contributed by atoms with van der Waals surface area (Å²) in [4.78, 5) is 125. The molecule has 1 heterocycles. The van der Waals surface area contributed by atoms with Gasteiger partial charge in [-0.05, 0) is 95.2 Å². The van der Waals surface area contributed by atoms with Gasteiger partial charge in [-0.25, -0.2) is 14.4 Å². The Bertz CT molecular complexity index is 2390. The predicted octanol–water partition coefficient (Wildman–Crippen LogP) is 6.41. The molecule has 0 fully saturated rings. The largest absolute Gasteiger partial charge is 0.514 e. The van der Waals surface area contributed by atoms with Crippen LogP contribution in [0.4, 0.5) is 10.5 Å². The summed E-state index contributed by atoms with van der Waals surface area (Å²) in [6.45, 7) is 17.3. The summed E-state index contributed by atoms with van der Waals surface area (Å²) in [6.07, 6.45) is -1.65. The van der Waals surface area contributed by atoms with Crippen molar-refractivity contribution in [2.45, 2.75) is 144 Å². The van der Waals surface area contributed by atoms with Crippen molar-refractivity contribution >= 4 is 64.9 Å². The van der Waals surface area contributed by atoms with Crippen LogP contribution in [0.2, 0.25) is 5.02 Å². The maximum absolute atomic E-state index is 14.3. The van der Waals surface area contributed by atoms with Gasteiger partial charge in [0.25, 0.3) is 11.6 Å². The van der Waals surface area contributed by atoms with E-state index in [0.29, 0.717) is 22.6 Å². The van der Waals surface area contributed by atoms with E-state index in [1.54, 1.807) is 71.9 Å². The summed E-state index contributed by atoms with van der Waals surface area (Å²) in [5.74, 6) is -7.02. The van der Waals surface area contributed by atoms with E-state index in [4.69, 9.17) is 30.5 Å². The number of rotatable bonds is 10. The molecule has 0 radical (unpaired) electrons. The normalized spacial score (nSPS) is 25.0. The van der Waals surface area contributed by atoms with Crippen molar-refractivity contribution in [2.24, 2.45) is 17.8 Å². The number of halogens is 1. The molecule has 1 aliphatic heterocycles. The number of nitro benzene ring substituents is 1. The lowest BCUT2D eigenvalue weighted by molar-refractivity contribution is -0.384. The van der Waals surface area contributed by atoms with Gasteiger partial charge in [-0.1, -0.05) is 76.9 Å². The number of likely N-dealkylation sites (N-methyl/N-ethyl adjacent to an activating group) is 2. The Morgan fingerprint density at radius 2 is 1.56 bits per heavy atom. The maximum atomic E-state index is 14.3. The van der Waals surface area contributed by atoms with Gasteiger partial charge in [0.15, 0.2) is 6.10 Å². The van der Waals surface area contributed by atoms with E-state index >= 15 is 0 Å². The van der Waals surface area contributed by atoms with Crippen molar-refractivity contribution in [3.8, 4) is 5.75 Å². The molecule has 2 aromatic rings. The van der Waals surface area contributed by atoms with Crippen LogP contribution in [-0.2, 0) is 54.2 Å². The summed E-state index contributed by atoms with van der Waals surface area (Å²) in [7, 11) is 2.76. The maximum Gasteiger partial charge on any atom is 0.514 e. The SMILES string of the molecule is C/C=C(\C)[C@H]1OC(=O)C(C)(C)NC(=O)[C@H]([C@H](C)CC)NC(=O)CN(C)C(=O)[C@@H](Cc2ccc(Cl)cc2)N(C)C(=O)[C@H](C)NC(=O)[C@@H](CC(C)C)OC(=O)/C(C)=C/C[C@H](OC(=O)Oc2ccc([N+](=O)[O-])cc2)[C@@H]1C. The molecule has 0 aliphatic carbocycles. The zero-order valence-corrected chi connectivity index (χ0v) is 44.7. The number of hydrogen-bond donors (Lipinski definition) is 3. The number of esters is 2. The number of benzene rings is 2. The molecule has 20 nitrogen and oxygen atoms in total. The van der Waals surface area contributed by atoms with Gasteiger partial charge < -0.3 is 44.7 Å². The van der Waals surface area contributed by atoms with Gasteiger partial charge in [0, 0.05) is 55.6 Å². The topological polar surface area (TPSA) is 259 Å². The van der Waals surface area contributed by atoms with Crippen LogP contribution in [0.15, 0.2) is 71.8 Å².